The smallest absolute Gasteiger partial charge is 0.319 e. The van der Waals surface area contributed by atoms with Gasteiger partial charge in [-0.3, -0.25) is 14.4 Å². The third-order valence-electron chi connectivity index (χ3n) is 11.8. The van der Waals surface area contributed by atoms with Crippen LogP contribution in [-0.4, -0.2) is 41.0 Å². The molecule has 0 aliphatic heterocycles. The molecule has 5 rings (SSSR count). The summed E-state index contributed by atoms with van der Waals surface area (Å²) in [4.78, 5) is 53.2. The Kier molecular flexibility index (Phi) is 9.25. The molecule has 10 atom stereocenters. The average molecular weight is 611 g/mol. The van der Waals surface area contributed by atoms with Crippen molar-refractivity contribution >= 4 is 35.8 Å². The predicted molar refractivity (Wildman–Crippen MR) is 167 cm³/mol. The predicted octanol–water partition coefficient (Wildman–Crippen LogP) is 7.46. The number of hydrogen-bond acceptors (Lipinski definition) is 7. The maximum atomic E-state index is 14.3. The van der Waals surface area contributed by atoms with Crippen molar-refractivity contribution in [2.24, 2.45) is 46.3 Å². The van der Waals surface area contributed by atoms with Gasteiger partial charge in [0.1, 0.15) is 29.0 Å². The maximum absolute atomic E-state index is 14.3. The van der Waals surface area contributed by atoms with Gasteiger partial charge in [0.15, 0.2) is 0 Å². The molecule has 0 spiro atoms. The molecule has 3 unspecified atom stereocenters. The lowest BCUT2D eigenvalue weighted by atomic mass is 9.44. The van der Waals surface area contributed by atoms with Gasteiger partial charge in [-0.25, -0.2) is 0 Å². The van der Waals surface area contributed by atoms with Crippen LogP contribution < -0.4 is 0 Å². The summed E-state index contributed by atoms with van der Waals surface area (Å²) in [6, 6.07) is 9.80. The molecule has 0 saturated heterocycles. The number of rotatable bonds is 8. The molecule has 4 fully saturated rings. The summed E-state index contributed by atoms with van der Waals surface area (Å²) in [5, 5.41) is -0.535. The third-order valence-corrected chi connectivity index (χ3v) is 13.0. The second-order valence-electron chi connectivity index (χ2n) is 15.2. The number of carbonyl (C=O) groups excluding carboxylic acids is 4. The highest BCUT2D eigenvalue weighted by Crippen LogP contribution is 2.67. The van der Waals surface area contributed by atoms with Gasteiger partial charge in [-0.15, -0.1) is 11.8 Å². The van der Waals surface area contributed by atoms with E-state index in [9.17, 15) is 19.2 Å². The van der Waals surface area contributed by atoms with Crippen molar-refractivity contribution in [2.75, 3.05) is 0 Å². The lowest BCUT2D eigenvalue weighted by Crippen LogP contribution is -2.57. The number of ketones is 1. The second kappa shape index (κ2) is 12.3. The normalized spacial score (nSPS) is 36.8. The van der Waals surface area contributed by atoms with Gasteiger partial charge in [-0.05, 0) is 119 Å². The van der Waals surface area contributed by atoms with E-state index in [1.807, 2.05) is 51.1 Å². The lowest BCUT2D eigenvalue weighted by molar-refractivity contribution is -0.167. The first kappa shape index (κ1) is 32.2. The molecule has 4 aliphatic rings. The molecule has 4 saturated carbocycles. The van der Waals surface area contributed by atoms with Gasteiger partial charge in [-0.1, -0.05) is 32.0 Å². The molecule has 0 radical (unpaired) electrons. The van der Waals surface area contributed by atoms with Crippen LogP contribution in [0.25, 0.3) is 0 Å². The number of carbonyl (C=O) groups is 4. The Morgan fingerprint density at radius 3 is 2.42 bits per heavy atom. The van der Waals surface area contributed by atoms with E-state index < -0.39 is 22.2 Å². The van der Waals surface area contributed by atoms with Crippen molar-refractivity contribution in [3.8, 4) is 0 Å². The Labute approximate surface area is 261 Å². The zero-order valence-electron chi connectivity index (χ0n) is 26.8. The van der Waals surface area contributed by atoms with Gasteiger partial charge in [0.25, 0.3) is 0 Å². The van der Waals surface area contributed by atoms with E-state index in [0.29, 0.717) is 36.4 Å². The lowest BCUT2D eigenvalue weighted by Gasteiger charge is -2.60. The number of esters is 2. The van der Waals surface area contributed by atoms with E-state index in [4.69, 9.17) is 9.47 Å². The van der Waals surface area contributed by atoms with Crippen molar-refractivity contribution in [3.05, 3.63) is 30.3 Å². The molecular formula is C36H50O6S. The summed E-state index contributed by atoms with van der Waals surface area (Å²) >= 11 is 1.45. The van der Waals surface area contributed by atoms with Gasteiger partial charge in [-0.2, -0.15) is 0 Å². The van der Waals surface area contributed by atoms with Crippen molar-refractivity contribution in [3.63, 3.8) is 0 Å². The first-order valence-electron chi connectivity index (χ1n) is 16.4. The summed E-state index contributed by atoms with van der Waals surface area (Å²) in [7, 11) is 0. The molecule has 0 bridgehead atoms. The van der Waals surface area contributed by atoms with Crippen molar-refractivity contribution in [2.45, 2.75) is 121 Å². The number of aldehydes is 1. The first-order valence-corrected chi connectivity index (χ1v) is 17.2. The number of hydrogen-bond donors (Lipinski definition) is 0. The van der Waals surface area contributed by atoms with Crippen LogP contribution >= 0.6 is 11.8 Å². The molecule has 6 nitrogen and oxygen atoms in total. The molecule has 43 heavy (non-hydrogen) atoms. The van der Waals surface area contributed by atoms with E-state index in [-0.39, 0.29) is 35.3 Å². The molecular weight excluding hydrogens is 560 g/mol. The van der Waals surface area contributed by atoms with Crippen LogP contribution in [0.1, 0.15) is 99.3 Å². The summed E-state index contributed by atoms with van der Waals surface area (Å²) in [5.74, 6) is 0.859. The van der Waals surface area contributed by atoms with Gasteiger partial charge in [0, 0.05) is 29.6 Å². The fourth-order valence-corrected chi connectivity index (χ4v) is 10.9. The minimum atomic E-state index is -0.631. The van der Waals surface area contributed by atoms with E-state index >= 15 is 0 Å². The molecule has 236 valence electrons. The van der Waals surface area contributed by atoms with E-state index in [1.54, 1.807) is 0 Å². The van der Waals surface area contributed by atoms with Gasteiger partial charge in [0.05, 0.1) is 0 Å². The van der Waals surface area contributed by atoms with Crippen LogP contribution in [-0.2, 0) is 28.7 Å². The van der Waals surface area contributed by atoms with Gasteiger partial charge < -0.3 is 14.3 Å². The van der Waals surface area contributed by atoms with E-state index in [1.165, 1.54) is 18.7 Å². The van der Waals surface area contributed by atoms with Crippen LogP contribution in [0.2, 0.25) is 0 Å². The zero-order chi connectivity index (χ0) is 31.2. The molecule has 0 N–H and O–H groups in total. The fourth-order valence-electron chi connectivity index (χ4n) is 9.78. The summed E-state index contributed by atoms with van der Waals surface area (Å²) in [6.45, 7) is 11.6. The van der Waals surface area contributed by atoms with Gasteiger partial charge >= 0.3 is 11.9 Å². The Bertz CT molecular complexity index is 1210. The van der Waals surface area contributed by atoms with Crippen molar-refractivity contribution in [1.82, 2.24) is 0 Å². The molecule has 7 heteroatoms. The van der Waals surface area contributed by atoms with Crippen LogP contribution in [0.4, 0.5) is 0 Å². The SMILES string of the molecule is CC(=O)OC1CC[C@@]2(C)C(CC[C@H]3[C@@H]4CC[C@H]([C@H](C=O)CC(Sc5ccccc5)C(=O)OC(C)(C)C)[C@@]4(C)C(=O)C[C@@H]32)C1. The number of Topliss-reactive ketones (excluding diaryl/α,β-unsaturated/α-hetero) is 1. The number of thioether (sulfide) groups is 1. The largest absolute Gasteiger partial charge is 0.463 e. The average Bonchev–Trinajstić information content (AvgIpc) is 3.29. The highest BCUT2D eigenvalue weighted by atomic mass is 32.2. The monoisotopic (exact) mass is 610 g/mol. The molecule has 0 aromatic heterocycles. The minimum absolute atomic E-state index is 0.00688. The van der Waals surface area contributed by atoms with Gasteiger partial charge in [0.2, 0.25) is 0 Å². The van der Waals surface area contributed by atoms with Crippen LogP contribution in [0.5, 0.6) is 0 Å². The Morgan fingerprint density at radius 1 is 1.05 bits per heavy atom. The highest BCUT2D eigenvalue weighted by molar-refractivity contribution is 8.00. The van der Waals surface area contributed by atoms with E-state index in [0.717, 1.165) is 56.1 Å². The first-order chi connectivity index (χ1) is 20.3. The number of ether oxygens (including phenoxy) is 2. The topological polar surface area (TPSA) is 86.7 Å². The third kappa shape index (κ3) is 6.35. The molecule has 1 aromatic rings. The van der Waals surface area contributed by atoms with Crippen molar-refractivity contribution in [1.29, 1.82) is 0 Å². The standard InChI is InChI=1S/C36H50O6S/c1-22(38)41-25-16-17-35(5)24(19-25)12-13-27-29-15-14-28(36(29,6)32(39)20-30(27)35)23(21-37)18-31(33(40)42-34(2,3)4)43-26-10-8-7-9-11-26/h7-11,21,23-25,27-31H,12-20H2,1-6H3/t23-,24?,25?,27-,28+,29-,30-,31?,35-,36+/m0/s1. The van der Waals surface area contributed by atoms with Crippen LogP contribution in [0, 0.1) is 46.3 Å². The highest BCUT2D eigenvalue weighted by Gasteiger charge is 2.64. The number of fused-ring (bicyclic) bond motifs is 5. The Balaban J connectivity index is 1.36. The summed E-state index contributed by atoms with van der Waals surface area (Å²) < 4.78 is 11.4. The summed E-state index contributed by atoms with van der Waals surface area (Å²) in [6.07, 6.45) is 8.69. The molecule has 0 heterocycles. The maximum Gasteiger partial charge on any atom is 0.319 e. The fraction of sp³-hybridized carbons (Fsp3) is 0.722. The Hall–Kier alpha value is -2.15. The second-order valence-corrected chi connectivity index (χ2v) is 16.5. The Morgan fingerprint density at radius 2 is 1.77 bits per heavy atom. The summed E-state index contributed by atoms with van der Waals surface area (Å²) in [5.41, 5.74) is -1.11. The molecule has 0 amide bonds. The van der Waals surface area contributed by atoms with Crippen LogP contribution in [0.15, 0.2) is 35.2 Å². The number of benzene rings is 1. The zero-order valence-corrected chi connectivity index (χ0v) is 27.6. The molecule has 4 aliphatic carbocycles. The quantitative estimate of drug-likeness (QED) is 0.171. The molecule has 1 aromatic carbocycles. The minimum Gasteiger partial charge on any atom is -0.463 e. The van der Waals surface area contributed by atoms with Crippen LogP contribution in [0.3, 0.4) is 0 Å². The van der Waals surface area contributed by atoms with Crippen molar-refractivity contribution < 1.29 is 28.7 Å². The van der Waals surface area contributed by atoms with E-state index in [2.05, 4.69) is 13.8 Å².